The van der Waals surface area contributed by atoms with Crippen LogP contribution >= 0.6 is 0 Å². The van der Waals surface area contributed by atoms with Crippen molar-refractivity contribution in [3.63, 3.8) is 0 Å². The van der Waals surface area contributed by atoms with Gasteiger partial charge in [-0.25, -0.2) is 18.2 Å². The Morgan fingerprint density at radius 3 is 2.64 bits per heavy atom. The van der Waals surface area contributed by atoms with E-state index in [9.17, 15) is 23.1 Å². The number of benzene rings is 1. The van der Waals surface area contributed by atoms with E-state index in [0.29, 0.717) is 43.2 Å². The van der Waals surface area contributed by atoms with Crippen LogP contribution in [0.15, 0.2) is 30.5 Å². The number of ether oxygens (including phenoxy) is 1. The predicted octanol–water partition coefficient (Wildman–Crippen LogP) is 4.37. The van der Waals surface area contributed by atoms with Crippen molar-refractivity contribution in [2.75, 3.05) is 29.9 Å². The van der Waals surface area contributed by atoms with E-state index in [-0.39, 0.29) is 24.1 Å². The molecule has 1 amide bonds. The van der Waals surface area contributed by atoms with Gasteiger partial charge in [0.05, 0.1) is 41.5 Å². The molecule has 11 heteroatoms. The molecule has 2 aromatic heterocycles. The Bertz CT molecular complexity index is 1390. The number of amides is 1. The third-order valence-corrected chi connectivity index (χ3v) is 7.06. The summed E-state index contributed by atoms with van der Waals surface area (Å²) in [5.41, 5.74) is 7.26. The summed E-state index contributed by atoms with van der Waals surface area (Å²) >= 11 is 0. The molecule has 5 rings (SSSR count). The Morgan fingerprint density at radius 1 is 1.21 bits per heavy atom. The lowest BCUT2D eigenvalue weighted by molar-refractivity contribution is 0.102. The number of carbonyl (C=O) groups excluding carboxylic acids is 1. The minimum Gasteiger partial charge on any atom is -0.494 e. The van der Waals surface area contributed by atoms with E-state index in [1.165, 1.54) is 6.20 Å². The van der Waals surface area contributed by atoms with Crippen LogP contribution in [0.4, 0.5) is 24.5 Å². The lowest BCUT2D eigenvalue weighted by Gasteiger charge is -2.38. The van der Waals surface area contributed by atoms with Gasteiger partial charge in [-0.2, -0.15) is 0 Å². The number of anilines is 2. The van der Waals surface area contributed by atoms with Gasteiger partial charge in [-0.05, 0) is 44.2 Å². The second kappa shape index (κ2) is 10.8. The Morgan fingerprint density at radius 2 is 1.95 bits per heavy atom. The number of fused-ring (bicyclic) bond motifs is 1. The van der Waals surface area contributed by atoms with Crippen molar-refractivity contribution in [3.05, 3.63) is 64.9 Å². The van der Waals surface area contributed by atoms with Gasteiger partial charge in [-0.15, -0.1) is 0 Å². The van der Waals surface area contributed by atoms with Crippen LogP contribution in [0.25, 0.3) is 11.3 Å². The molecule has 4 N–H and O–H groups in total. The highest BCUT2D eigenvalue weighted by molar-refractivity contribution is 6.05. The zero-order chi connectivity index (χ0) is 27.8. The molecule has 1 fully saturated rings. The average molecular weight is 542 g/mol. The summed E-state index contributed by atoms with van der Waals surface area (Å²) in [5, 5.41) is 13.2. The van der Waals surface area contributed by atoms with Crippen LogP contribution in [0.3, 0.4) is 0 Å². The van der Waals surface area contributed by atoms with E-state index in [4.69, 9.17) is 10.5 Å². The van der Waals surface area contributed by atoms with Gasteiger partial charge in [-0.1, -0.05) is 6.92 Å². The molecule has 0 spiro atoms. The number of aromatic nitrogens is 2. The molecule has 206 valence electrons. The molecule has 3 atom stereocenters. The fourth-order valence-corrected chi connectivity index (χ4v) is 5.50. The Labute approximate surface area is 224 Å². The monoisotopic (exact) mass is 541 g/mol. The molecule has 0 saturated carbocycles. The maximum Gasteiger partial charge on any atom is 0.274 e. The van der Waals surface area contributed by atoms with Gasteiger partial charge in [-0.3, -0.25) is 9.78 Å². The minimum absolute atomic E-state index is 0.0425. The number of nitrogens with zero attached hydrogens (tertiary/aromatic N) is 3. The fraction of sp³-hybridized carbons (Fsp3) is 0.393. The van der Waals surface area contributed by atoms with Gasteiger partial charge in [0.15, 0.2) is 0 Å². The normalized spacial score (nSPS) is 20.6. The van der Waals surface area contributed by atoms with Crippen LogP contribution in [-0.2, 0) is 6.42 Å². The number of rotatable bonds is 6. The highest BCUT2D eigenvalue weighted by atomic mass is 19.1. The van der Waals surface area contributed by atoms with E-state index >= 15 is 0 Å². The molecule has 1 saturated heterocycles. The quantitative estimate of drug-likeness (QED) is 0.425. The summed E-state index contributed by atoms with van der Waals surface area (Å²) in [4.78, 5) is 23.8. The lowest BCUT2D eigenvalue weighted by Crippen LogP contribution is -2.47. The molecular formula is C28H30F3N5O3. The number of aliphatic hydroxyl groups excluding tert-OH is 1. The van der Waals surface area contributed by atoms with Crippen LogP contribution in [0.1, 0.15) is 54.5 Å². The van der Waals surface area contributed by atoms with E-state index in [1.54, 1.807) is 6.92 Å². The number of aliphatic hydroxyl groups is 1. The minimum atomic E-state index is -1.07. The molecule has 3 aromatic rings. The molecule has 3 heterocycles. The summed E-state index contributed by atoms with van der Waals surface area (Å²) in [5.74, 6) is -3.56. The molecule has 0 radical (unpaired) electrons. The van der Waals surface area contributed by atoms with Gasteiger partial charge in [0.1, 0.15) is 34.6 Å². The third kappa shape index (κ3) is 5.28. The second-order valence-corrected chi connectivity index (χ2v) is 10.1. The first-order chi connectivity index (χ1) is 18.7. The summed E-state index contributed by atoms with van der Waals surface area (Å²) < 4.78 is 49.4. The van der Waals surface area contributed by atoms with Gasteiger partial charge in [0, 0.05) is 36.8 Å². The van der Waals surface area contributed by atoms with Crippen molar-refractivity contribution in [2.24, 2.45) is 11.7 Å². The summed E-state index contributed by atoms with van der Waals surface area (Å²) in [6.45, 7) is 5.23. The van der Waals surface area contributed by atoms with Crippen molar-refractivity contribution >= 4 is 17.3 Å². The van der Waals surface area contributed by atoms with Crippen LogP contribution in [0.5, 0.6) is 5.75 Å². The summed E-state index contributed by atoms with van der Waals surface area (Å²) in [6.07, 6.45) is 2.75. The van der Waals surface area contributed by atoms with E-state index in [0.717, 1.165) is 41.9 Å². The van der Waals surface area contributed by atoms with E-state index < -0.39 is 40.7 Å². The Balaban J connectivity index is 1.50. The van der Waals surface area contributed by atoms with E-state index in [1.807, 2.05) is 0 Å². The zero-order valence-corrected chi connectivity index (χ0v) is 21.7. The smallest absolute Gasteiger partial charge is 0.274 e. The first-order valence-corrected chi connectivity index (χ1v) is 13.0. The van der Waals surface area contributed by atoms with Crippen LogP contribution < -0.4 is 20.7 Å². The number of nitrogens with one attached hydrogen (secondary N) is 1. The number of carbonyl (C=O) groups is 1. The maximum atomic E-state index is 14.8. The number of halogens is 3. The SMILES string of the molecule is CCOc1cc(F)c(-c2nc(C(=O)Nc3cnc4c(c3N3C[C@H](C)C[C@H](N)C3)CCC4O)ccc2F)c(F)c1. The van der Waals surface area contributed by atoms with E-state index in [2.05, 4.69) is 27.1 Å². The van der Waals surface area contributed by atoms with Crippen LogP contribution in [0.2, 0.25) is 0 Å². The standard InChI is InChI=1S/C28H30F3N5O3/c1-3-39-16-9-19(30)24(20(31)10-16)26-18(29)5-6-21(34-26)28(38)35-22-11-33-25-17(4-7-23(25)37)27(22)36-12-14(2)8-15(32)13-36/h5-6,9-11,14-15,23,37H,3-4,7-8,12-13,32H2,1-2H3,(H,35,38)/t14-,15+,23?/m1/s1. The topological polar surface area (TPSA) is 114 Å². The molecule has 1 aliphatic heterocycles. The zero-order valence-electron chi connectivity index (χ0n) is 21.7. The molecule has 2 aliphatic rings. The van der Waals surface area contributed by atoms with Crippen molar-refractivity contribution < 1.29 is 27.8 Å². The van der Waals surface area contributed by atoms with Gasteiger partial charge in [0.25, 0.3) is 5.91 Å². The number of piperidine rings is 1. The van der Waals surface area contributed by atoms with Crippen molar-refractivity contribution in [2.45, 2.75) is 45.3 Å². The molecule has 1 unspecified atom stereocenters. The molecule has 39 heavy (non-hydrogen) atoms. The highest BCUT2D eigenvalue weighted by Gasteiger charge is 2.32. The maximum absolute atomic E-state index is 14.8. The van der Waals surface area contributed by atoms with Crippen molar-refractivity contribution in [1.82, 2.24) is 9.97 Å². The number of hydrogen-bond acceptors (Lipinski definition) is 7. The third-order valence-electron chi connectivity index (χ3n) is 7.06. The Kier molecular flexibility index (Phi) is 7.46. The predicted molar refractivity (Wildman–Crippen MR) is 140 cm³/mol. The molecule has 0 bridgehead atoms. The largest absolute Gasteiger partial charge is 0.494 e. The number of pyridine rings is 2. The van der Waals surface area contributed by atoms with Crippen molar-refractivity contribution in [3.8, 4) is 17.0 Å². The number of hydrogen-bond donors (Lipinski definition) is 3. The average Bonchev–Trinajstić information content (AvgIpc) is 3.24. The van der Waals surface area contributed by atoms with Gasteiger partial charge >= 0.3 is 0 Å². The highest BCUT2D eigenvalue weighted by Crippen LogP contribution is 2.41. The van der Waals surface area contributed by atoms with Crippen LogP contribution in [0, 0.1) is 23.4 Å². The fourth-order valence-electron chi connectivity index (χ4n) is 5.50. The summed E-state index contributed by atoms with van der Waals surface area (Å²) in [6, 6.07) is 3.90. The lowest BCUT2D eigenvalue weighted by atomic mass is 9.95. The first kappa shape index (κ1) is 26.9. The van der Waals surface area contributed by atoms with Crippen molar-refractivity contribution in [1.29, 1.82) is 0 Å². The Hall–Kier alpha value is -3.70. The molecule has 1 aromatic carbocycles. The first-order valence-electron chi connectivity index (χ1n) is 13.0. The van der Waals surface area contributed by atoms with Crippen LogP contribution in [-0.4, -0.2) is 46.7 Å². The second-order valence-electron chi connectivity index (χ2n) is 10.1. The molecule has 1 aliphatic carbocycles. The number of nitrogens with two attached hydrogens (primary N) is 1. The summed E-state index contributed by atoms with van der Waals surface area (Å²) in [7, 11) is 0. The molecule has 8 nitrogen and oxygen atoms in total. The van der Waals surface area contributed by atoms with Gasteiger partial charge in [0.2, 0.25) is 0 Å². The van der Waals surface area contributed by atoms with Gasteiger partial charge < -0.3 is 25.8 Å². The molecular weight excluding hydrogens is 511 g/mol.